The van der Waals surface area contributed by atoms with Crippen molar-refractivity contribution in [1.82, 2.24) is 10.4 Å². The number of nitrogens with zero attached hydrogens (tertiary/aromatic N) is 1. The summed E-state index contributed by atoms with van der Waals surface area (Å²) in [5.74, 6) is 0.252. The quantitative estimate of drug-likeness (QED) is 0.322. The first-order chi connectivity index (χ1) is 16.1. The summed E-state index contributed by atoms with van der Waals surface area (Å²) < 4.78 is 48.7. The molecule has 0 aromatic heterocycles. The Balaban J connectivity index is 1.69. The zero-order valence-electron chi connectivity index (χ0n) is 20.5. The minimum Gasteiger partial charge on any atom is -0.494 e. The van der Waals surface area contributed by atoms with Crippen molar-refractivity contribution < 1.29 is 22.7 Å². The predicted octanol–water partition coefficient (Wildman–Crippen LogP) is 7.48. The molecule has 0 spiro atoms. The molecule has 1 aliphatic rings. The smallest absolute Gasteiger partial charge is 0.409 e. The molecule has 2 aromatic rings. The average molecular weight is 479 g/mol. The zero-order valence-corrected chi connectivity index (χ0v) is 20.5. The number of carbonyl (C=O) groups excluding carboxylic acids is 1. The first kappa shape index (κ1) is 26.3. The van der Waals surface area contributed by atoms with Crippen molar-refractivity contribution >= 4 is 16.7 Å². The van der Waals surface area contributed by atoms with Crippen LogP contribution in [0.5, 0.6) is 5.75 Å². The molecule has 4 nitrogen and oxygen atoms in total. The minimum atomic E-state index is -4.56. The van der Waals surface area contributed by atoms with Gasteiger partial charge in [0.05, 0.1) is 6.61 Å². The van der Waals surface area contributed by atoms with Gasteiger partial charge in [0, 0.05) is 12.0 Å². The molecule has 188 valence electrons. The number of alkyl halides is 3. The maximum Gasteiger partial charge on any atom is 0.409 e. The number of hydrazine groups is 1. The number of unbranched alkanes of at least 4 members (excludes halogenated alkanes) is 7. The van der Waals surface area contributed by atoms with Gasteiger partial charge in [0.2, 0.25) is 5.91 Å². The number of carbonyl (C=O) groups is 1. The van der Waals surface area contributed by atoms with Crippen molar-refractivity contribution in [2.24, 2.45) is 0 Å². The Kier molecular flexibility index (Phi) is 8.85. The van der Waals surface area contributed by atoms with Gasteiger partial charge in [0.15, 0.2) is 6.04 Å². The lowest BCUT2D eigenvalue weighted by Gasteiger charge is -2.38. The fourth-order valence-electron chi connectivity index (χ4n) is 4.72. The Labute approximate surface area is 200 Å². The highest BCUT2D eigenvalue weighted by Crippen LogP contribution is 2.45. The average Bonchev–Trinajstić information content (AvgIpc) is 3.03. The second-order valence-corrected chi connectivity index (χ2v) is 9.89. The highest BCUT2D eigenvalue weighted by Gasteiger charge is 2.53. The van der Waals surface area contributed by atoms with Crippen molar-refractivity contribution in [2.75, 3.05) is 6.61 Å². The first-order valence-corrected chi connectivity index (χ1v) is 12.4. The maximum absolute atomic E-state index is 14.3. The summed E-state index contributed by atoms with van der Waals surface area (Å²) in [6.07, 6.45) is 5.16. The van der Waals surface area contributed by atoms with Crippen LogP contribution < -0.4 is 10.2 Å². The van der Waals surface area contributed by atoms with E-state index in [1.54, 1.807) is 44.2 Å². The molecule has 1 N–H and O–H groups in total. The molecule has 1 saturated heterocycles. The van der Waals surface area contributed by atoms with E-state index in [-0.39, 0.29) is 12.0 Å². The molecular weight excluding hydrogens is 441 g/mol. The third-order valence-electron chi connectivity index (χ3n) is 6.51. The standard InChI is InChI=1S/C27H37F3N2O2/c1-4-5-6-7-8-9-10-11-17-34-21-15-16-22-20(18-21)13-12-14-23(22)25(27(28,29)30)32-26(2,3)19-24(33)31-32/h12-16,18,25H,4-11,17,19H2,1-3H3,(H,31,33)/t25-/m0/s1. The summed E-state index contributed by atoms with van der Waals surface area (Å²) in [7, 11) is 0. The van der Waals surface area contributed by atoms with Crippen LogP contribution in [-0.4, -0.2) is 29.2 Å². The third kappa shape index (κ3) is 6.65. The van der Waals surface area contributed by atoms with Gasteiger partial charge < -0.3 is 4.74 Å². The topological polar surface area (TPSA) is 41.6 Å². The molecule has 0 bridgehead atoms. The lowest BCUT2D eigenvalue weighted by Crippen LogP contribution is -2.51. The Hall–Kier alpha value is -2.28. The second kappa shape index (κ2) is 11.4. The maximum atomic E-state index is 14.3. The van der Waals surface area contributed by atoms with Crippen molar-refractivity contribution in [3.05, 3.63) is 42.0 Å². The molecule has 3 rings (SSSR count). The molecule has 1 aliphatic heterocycles. The molecule has 1 amide bonds. The van der Waals surface area contributed by atoms with Crippen LogP contribution in [0.2, 0.25) is 0 Å². The Morgan fingerprint density at radius 1 is 1.03 bits per heavy atom. The van der Waals surface area contributed by atoms with Gasteiger partial charge in [-0.3, -0.25) is 10.2 Å². The van der Waals surface area contributed by atoms with E-state index >= 15 is 0 Å². The van der Waals surface area contributed by atoms with E-state index in [1.807, 2.05) is 0 Å². The first-order valence-electron chi connectivity index (χ1n) is 12.4. The highest BCUT2D eigenvalue weighted by molar-refractivity contribution is 5.87. The largest absolute Gasteiger partial charge is 0.494 e. The number of rotatable bonds is 12. The van der Waals surface area contributed by atoms with Crippen LogP contribution in [0.25, 0.3) is 10.8 Å². The van der Waals surface area contributed by atoms with Gasteiger partial charge in [-0.2, -0.15) is 18.2 Å². The van der Waals surface area contributed by atoms with Crippen LogP contribution in [0, 0.1) is 0 Å². The molecular formula is C27H37F3N2O2. The number of hydrogen-bond donors (Lipinski definition) is 1. The molecule has 0 saturated carbocycles. The Bertz CT molecular complexity index is 959. The second-order valence-electron chi connectivity index (χ2n) is 9.89. The van der Waals surface area contributed by atoms with Gasteiger partial charge in [0.1, 0.15) is 5.75 Å². The lowest BCUT2D eigenvalue weighted by atomic mass is 9.93. The number of amides is 1. The van der Waals surface area contributed by atoms with Crippen molar-refractivity contribution in [3.63, 3.8) is 0 Å². The van der Waals surface area contributed by atoms with E-state index in [2.05, 4.69) is 12.3 Å². The van der Waals surface area contributed by atoms with Gasteiger partial charge >= 0.3 is 6.18 Å². The number of halogens is 3. The Morgan fingerprint density at radius 3 is 2.32 bits per heavy atom. The molecule has 34 heavy (non-hydrogen) atoms. The van der Waals surface area contributed by atoms with Gasteiger partial charge in [-0.15, -0.1) is 0 Å². The van der Waals surface area contributed by atoms with Crippen molar-refractivity contribution in [3.8, 4) is 5.75 Å². The fourth-order valence-corrected chi connectivity index (χ4v) is 4.72. The summed E-state index contributed by atoms with van der Waals surface area (Å²) in [4.78, 5) is 11.9. The van der Waals surface area contributed by atoms with Crippen LogP contribution >= 0.6 is 0 Å². The molecule has 1 fully saturated rings. The molecule has 7 heteroatoms. The van der Waals surface area contributed by atoms with Crippen molar-refractivity contribution in [2.45, 2.75) is 96.3 Å². The number of nitrogens with one attached hydrogen (secondary N) is 1. The summed E-state index contributed by atoms with van der Waals surface area (Å²) >= 11 is 0. The summed E-state index contributed by atoms with van der Waals surface area (Å²) in [5.41, 5.74) is 1.59. The number of fused-ring (bicyclic) bond motifs is 1. The predicted molar refractivity (Wildman–Crippen MR) is 130 cm³/mol. The Morgan fingerprint density at radius 2 is 1.71 bits per heavy atom. The van der Waals surface area contributed by atoms with Gasteiger partial charge in [-0.1, -0.05) is 76.1 Å². The van der Waals surface area contributed by atoms with E-state index in [1.165, 1.54) is 44.6 Å². The molecule has 1 atom stereocenters. The molecule has 0 unspecified atom stereocenters. The monoisotopic (exact) mass is 478 g/mol. The SMILES string of the molecule is CCCCCCCCCCOc1ccc2c([C@H](N3NC(=O)CC3(C)C)C(F)(F)F)cccc2c1. The van der Waals surface area contributed by atoms with E-state index in [9.17, 15) is 18.0 Å². The van der Waals surface area contributed by atoms with Gasteiger partial charge in [-0.25, -0.2) is 0 Å². The fraction of sp³-hybridized carbons (Fsp3) is 0.593. The summed E-state index contributed by atoms with van der Waals surface area (Å²) in [6, 6.07) is 8.19. The van der Waals surface area contributed by atoms with E-state index in [0.717, 1.165) is 17.9 Å². The van der Waals surface area contributed by atoms with Crippen LogP contribution in [-0.2, 0) is 4.79 Å². The minimum absolute atomic E-state index is 0.0150. The van der Waals surface area contributed by atoms with Crippen LogP contribution in [0.3, 0.4) is 0 Å². The van der Waals surface area contributed by atoms with Gasteiger partial charge in [-0.05, 0) is 48.7 Å². The van der Waals surface area contributed by atoms with Crippen LogP contribution in [0.1, 0.15) is 90.2 Å². The normalized spacial score (nSPS) is 17.2. The number of ether oxygens (including phenoxy) is 1. The van der Waals surface area contributed by atoms with Crippen LogP contribution in [0.15, 0.2) is 36.4 Å². The zero-order chi connectivity index (χ0) is 24.8. The summed E-state index contributed by atoms with van der Waals surface area (Å²) in [6.45, 7) is 6.10. The number of benzene rings is 2. The lowest BCUT2D eigenvalue weighted by molar-refractivity contribution is -0.203. The third-order valence-corrected chi connectivity index (χ3v) is 6.51. The molecule has 0 aliphatic carbocycles. The highest BCUT2D eigenvalue weighted by atomic mass is 19.4. The van der Waals surface area contributed by atoms with E-state index < -0.39 is 23.7 Å². The number of hydrogen-bond acceptors (Lipinski definition) is 3. The van der Waals surface area contributed by atoms with Crippen LogP contribution in [0.4, 0.5) is 13.2 Å². The molecule has 0 radical (unpaired) electrons. The van der Waals surface area contributed by atoms with E-state index in [0.29, 0.717) is 23.1 Å². The van der Waals surface area contributed by atoms with Crippen molar-refractivity contribution in [1.29, 1.82) is 0 Å². The van der Waals surface area contributed by atoms with Gasteiger partial charge in [0.25, 0.3) is 0 Å². The van der Waals surface area contributed by atoms with E-state index in [4.69, 9.17) is 4.74 Å². The molecule has 2 aromatic carbocycles. The molecule has 1 heterocycles. The summed E-state index contributed by atoms with van der Waals surface area (Å²) in [5, 5.41) is 2.24.